The third-order valence-corrected chi connectivity index (χ3v) is 6.65. The molecule has 5 aromatic rings. The third-order valence-electron chi connectivity index (χ3n) is 5.58. The first-order valence-electron chi connectivity index (χ1n) is 11.4. The number of hydrogen-bond acceptors (Lipinski definition) is 6. The van der Waals surface area contributed by atoms with Crippen molar-refractivity contribution in [1.82, 2.24) is 0 Å². The van der Waals surface area contributed by atoms with E-state index in [1.165, 1.54) is 24.0 Å². The average Bonchev–Trinajstić information content (AvgIpc) is 3.32. The van der Waals surface area contributed by atoms with Crippen LogP contribution >= 0.6 is 11.8 Å². The number of aliphatic imine (C=N–C) groups is 1. The van der Waals surface area contributed by atoms with E-state index in [9.17, 15) is 15.4 Å². The van der Waals surface area contributed by atoms with E-state index in [4.69, 9.17) is 4.42 Å². The van der Waals surface area contributed by atoms with E-state index >= 15 is 0 Å². The van der Waals surface area contributed by atoms with Gasteiger partial charge in [0, 0.05) is 28.3 Å². The van der Waals surface area contributed by atoms with Crippen LogP contribution in [0.2, 0.25) is 0 Å². The fourth-order valence-corrected chi connectivity index (χ4v) is 4.80. The van der Waals surface area contributed by atoms with Gasteiger partial charge < -0.3 is 4.42 Å². The number of hydrogen-bond donors (Lipinski definition) is 0. The van der Waals surface area contributed by atoms with Crippen molar-refractivity contribution in [3.8, 4) is 28.5 Å². The number of nitrogens with zero attached hydrogens (tertiary/aromatic N) is 3. The second kappa shape index (κ2) is 10.8. The van der Waals surface area contributed by atoms with E-state index < -0.39 is 4.92 Å². The van der Waals surface area contributed by atoms with Crippen molar-refractivity contribution in [3.63, 3.8) is 0 Å². The van der Waals surface area contributed by atoms with Gasteiger partial charge in [0.25, 0.3) is 5.69 Å². The molecule has 0 bridgehead atoms. The Labute approximate surface area is 217 Å². The zero-order chi connectivity index (χ0) is 25.6. The number of nitro groups is 1. The first-order chi connectivity index (χ1) is 18.1. The first kappa shape index (κ1) is 23.8. The van der Waals surface area contributed by atoms with E-state index in [0.717, 1.165) is 16.0 Å². The summed E-state index contributed by atoms with van der Waals surface area (Å²) >= 11 is 1.32. The minimum absolute atomic E-state index is 0.0206. The van der Waals surface area contributed by atoms with Gasteiger partial charge in [-0.25, -0.2) is 4.99 Å². The molecule has 0 aliphatic rings. The summed E-state index contributed by atoms with van der Waals surface area (Å²) in [5.74, 6) is 0.682. The zero-order valence-electron chi connectivity index (χ0n) is 19.4. The monoisotopic (exact) mass is 501 g/mol. The van der Waals surface area contributed by atoms with Gasteiger partial charge >= 0.3 is 0 Å². The van der Waals surface area contributed by atoms with Crippen LogP contribution in [0.4, 0.5) is 11.6 Å². The summed E-state index contributed by atoms with van der Waals surface area (Å²) in [6, 6.07) is 35.7. The van der Waals surface area contributed by atoms with Crippen LogP contribution in [0.25, 0.3) is 22.5 Å². The highest BCUT2D eigenvalue weighted by Gasteiger charge is 2.23. The van der Waals surface area contributed by atoms with Crippen molar-refractivity contribution in [2.45, 2.75) is 9.79 Å². The second-order valence-corrected chi connectivity index (χ2v) is 9.10. The lowest BCUT2D eigenvalue weighted by Crippen LogP contribution is -1.93. The lowest BCUT2D eigenvalue weighted by Gasteiger charge is -2.04. The molecular weight excluding hydrogens is 482 g/mol. The molecular formula is C30H19N3O3S. The molecule has 0 unspecified atom stereocenters. The molecule has 0 amide bonds. The van der Waals surface area contributed by atoms with Crippen molar-refractivity contribution in [1.29, 1.82) is 5.26 Å². The maximum Gasteiger partial charge on any atom is 0.283 e. The second-order valence-electron chi connectivity index (χ2n) is 7.99. The van der Waals surface area contributed by atoms with E-state index in [-0.39, 0.29) is 11.6 Å². The molecule has 37 heavy (non-hydrogen) atoms. The molecule has 5 rings (SSSR count). The fourth-order valence-electron chi connectivity index (χ4n) is 3.88. The number of benzene rings is 4. The highest BCUT2D eigenvalue weighted by molar-refractivity contribution is 7.99. The van der Waals surface area contributed by atoms with Crippen LogP contribution in [0.1, 0.15) is 11.1 Å². The van der Waals surface area contributed by atoms with Crippen LogP contribution in [0.5, 0.6) is 0 Å². The summed E-state index contributed by atoms with van der Waals surface area (Å²) in [6.07, 6.45) is 1.48. The van der Waals surface area contributed by atoms with Gasteiger partial charge in [0.05, 0.1) is 9.82 Å². The maximum absolute atomic E-state index is 11.8. The Balaban J connectivity index is 1.55. The van der Waals surface area contributed by atoms with Crippen molar-refractivity contribution in [2.75, 3.05) is 0 Å². The third kappa shape index (κ3) is 5.20. The summed E-state index contributed by atoms with van der Waals surface area (Å²) in [4.78, 5) is 17.3. The topological polar surface area (TPSA) is 92.4 Å². The standard InChI is InChI=1S/C30H19N3O3S/c31-19-25-28(22-10-4-1-5-11-22)29(23-12-6-2-7-13-23)36-30(25)32-20-21-16-17-27(26(18-21)33(34)35)37-24-14-8-3-9-15-24/h1-18,20H. The van der Waals surface area contributed by atoms with E-state index in [1.54, 1.807) is 12.1 Å². The Bertz CT molecular complexity index is 1620. The molecule has 4 aromatic carbocycles. The van der Waals surface area contributed by atoms with Crippen LogP contribution in [-0.4, -0.2) is 11.1 Å². The summed E-state index contributed by atoms with van der Waals surface area (Å²) in [5, 5.41) is 21.8. The molecule has 1 aromatic heterocycles. The lowest BCUT2D eigenvalue weighted by atomic mass is 9.98. The van der Waals surface area contributed by atoms with E-state index in [1.807, 2.05) is 91.0 Å². The van der Waals surface area contributed by atoms with Gasteiger partial charge in [-0.05, 0) is 29.3 Å². The molecule has 0 radical (unpaired) electrons. The van der Waals surface area contributed by atoms with Gasteiger partial charge in [0.15, 0.2) is 0 Å². The minimum atomic E-state index is -0.406. The van der Waals surface area contributed by atoms with Gasteiger partial charge in [-0.1, -0.05) is 96.7 Å². The molecule has 6 nitrogen and oxygen atoms in total. The lowest BCUT2D eigenvalue weighted by molar-refractivity contribution is -0.387. The van der Waals surface area contributed by atoms with Gasteiger partial charge in [0.1, 0.15) is 17.4 Å². The minimum Gasteiger partial charge on any atom is -0.436 e. The summed E-state index contributed by atoms with van der Waals surface area (Å²) < 4.78 is 6.12. The molecule has 0 saturated heterocycles. The Morgan fingerprint density at radius 2 is 1.49 bits per heavy atom. The molecule has 0 atom stereocenters. The van der Waals surface area contributed by atoms with Crippen LogP contribution in [0.3, 0.4) is 0 Å². The van der Waals surface area contributed by atoms with Gasteiger partial charge in [-0.2, -0.15) is 5.26 Å². The molecule has 0 aliphatic heterocycles. The fraction of sp³-hybridized carbons (Fsp3) is 0. The van der Waals surface area contributed by atoms with E-state index in [0.29, 0.717) is 27.3 Å². The zero-order valence-corrected chi connectivity index (χ0v) is 20.3. The smallest absolute Gasteiger partial charge is 0.283 e. The quantitative estimate of drug-likeness (QED) is 0.127. The Morgan fingerprint density at radius 3 is 2.11 bits per heavy atom. The SMILES string of the molecule is N#Cc1c(N=Cc2ccc(Sc3ccccc3)c([N+](=O)[O-])c2)oc(-c2ccccc2)c1-c1ccccc1. The van der Waals surface area contributed by atoms with Gasteiger partial charge in [-0.3, -0.25) is 10.1 Å². The predicted octanol–water partition coefficient (Wildman–Crippen LogP) is 8.30. The van der Waals surface area contributed by atoms with Crippen molar-refractivity contribution in [2.24, 2.45) is 4.99 Å². The summed E-state index contributed by atoms with van der Waals surface area (Å²) in [6.45, 7) is 0. The number of rotatable bonds is 7. The summed E-state index contributed by atoms with van der Waals surface area (Å²) in [7, 11) is 0. The molecule has 0 N–H and O–H groups in total. The molecule has 0 saturated carbocycles. The van der Waals surface area contributed by atoms with Crippen LogP contribution in [0, 0.1) is 21.4 Å². The molecule has 1 heterocycles. The highest BCUT2D eigenvalue weighted by Crippen LogP contribution is 2.42. The average molecular weight is 502 g/mol. The predicted molar refractivity (Wildman–Crippen MR) is 145 cm³/mol. The van der Waals surface area contributed by atoms with Crippen LogP contribution < -0.4 is 0 Å². The number of furan rings is 1. The largest absolute Gasteiger partial charge is 0.436 e. The Hall–Kier alpha value is -4.93. The Morgan fingerprint density at radius 1 is 0.865 bits per heavy atom. The van der Waals surface area contributed by atoms with E-state index in [2.05, 4.69) is 11.1 Å². The Kier molecular flexibility index (Phi) is 6.93. The maximum atomic E-state index is 11.8. The molecule has 0 fully saturated rings. The van der Waals surface area contributed by atoms with Crippen molar-refractivity contribution < 1.29 is 9.34 Å². The normalized spacial score (nSPS) is 10.9. The van der Waals surface area contributed by atoms with Crippen molar-refractivity contribution in [3.05, 3.63) is 130 Å². The molecule has 178 valence electrons. The number of nitro benzene ring substituents is 1. The summed E-state index contributed by atoms with van der Waals surface area (Å²) in [5.41, 5.74) is 3.10. The van der Waals surface area contributed by atoms with Crippen LogP contribution in [0.15, 0.2) is 128 Å². The highest BCUT2D eigenvalue weighted by atomic mass is 32.2. The molecule has 0 spiro atoms. The van der Waals surface area contributed by atoms with Crippen LogP contribution in [-0.2, 0) is 0 Å². The number of nitriles is 1. The van der Waals surface area contributed by atoms with Crippen molar-refractivity contribution >= 4 is 29.5 Å². The molecule has 7 heteroatoms. The van der Waals surface area contributed by atoms with Gasteiger partial charge in [0.2, 0.25) is 5.88 Å². The first-order valence-corrected chi connectivity index (χ1v) is 12.2. The molecule has 0 aliphatic carbocycles. The van der Waals surface area contributed by atoms with Gasteiger partial charge in [-0.15, -0.1) is 0 Å².